The highest BCUT2D eigenvalue weighted by Crippen LogP contribution is 2.30. The van der Waals surface area contributed by atoms with Gasteiger partial charge in [0.1, 0.15) is 5.82 Å². The minimum Gasteiger partial charge on any atom is -0.385 e. The van der Waals surface area contributed by atoms with Crippen molar-refractivity contribution in [1.29, 1.82) is 0 Å². The maximum atomic E-state index is 5.81. The number of benzene rings is 1. The molecule has 6 heteroatoms. The van der Waals surface area contributed by atoms with Crippen molar-refractivity contribution < 1.29 is 0 Å². The van der Waals surface area contributed by atoms with Crippen LogP contribution in [0, 0.1) is 0 Å². The number of nitrogens with zero attached hydrogens (tertiary/aromatic N) is 2. The van der Waals surface area contributed by atoms with E-state index < -0.39 is 0 Å². The number of nitrogens with one attached hydrogen (secondary N) is 2. The molecule has 1 aromatic carbocycles. The predicted octanol–water partition coefficient (Wildman–Crippen LogP) is 2.34. The van der Waals surface area contributed by atoms with Gasteiger partial charge in [0.2, 0.25) is 5.11 Å². The molecule has 2 rings (SSSR count). The van der Waals surface area contributed by atoms with Gasteiger partial charge in [-0.1, -0.05) is 24.3 Å². The predicted molar refractivity (Wildman–Crippen MR) is 68.9 cm³/mol. The molecule has 4 N–H and O–H groups in total. The molecule has 2 aromatic rings. The smallest absolute Gasteiger partial charge is 0.213 e. The van der Waals surface area contributed by atoms with E-state index in [1.54, 1.807) is 7.05 Å². The van der Waals surface area contributed by atoms with Gasteiger partial charge in [0.05, 0.1) is 0 Å². The lowest BCUT2D eigenvalue weighted by molar-refractivity contribution is 1.12. The maximum Gasteiger partial charge on any atom is 0.213 e. The van der Waals surface area contributed by atoms with E-state index in [4.69, 9.17) is 18.0 Å². The number of aromatic nitrogens is 1. The summed E-state index contributed by atoms with van der Waals surface area (Å²) in [4.78, 5) is 2.96. The Kier molecular flexibility index (Phi) is 2.82. The molecule has 0 fully saturated rings. The molecule has 0 aliphatic heterocycles. The third-order valence-electron chi connectivity index (χ3n) is 2.18. The zero-order valence-corrected chi connectivity index (χ0v) is 9.51. The number of rotatable bonds is 1. The number of thiocarbonyl (C=S) groups is 1. The molecule has 0 atom stereocenters. The van der Waals surface area contributed by atoms with Gasteiger partial charge in [-0.25, -0.2) is 0 Å². The van der Waals surface area contributed by atoms with Gasteiger partial charge in [0.15, 0.2) is 5.82 Å². The van der Waals surface area contributed by atoms with E-state index in [-0.39, 0.29) is 0 Å². The second-order valence-electron chi connectivity index (χ2n) is 3.19. The SMILES string of the molecule is CNC(=S)/N=N/c1[nH]c(N)c2ccccc12. The van der Waals surface area contributed by atoms with Crippen molar-refractivity contribution >= 4 is 39.7 Å². The molecular formula is C10H11N5S. The molecule has 1 aromatic heterocycles. The minimum absolute atomic E-state index is 0.331. The van der Waals surface area contributed by atoms with Crippen LogP contribution in [0.3, 0.4) is 0 Å². The number of H-pyrrole nitrogens is 1. The monoisotopic (exact) mass is 233 g/mol. The second kappa shape index (κ2) is 4.28. The van der Waals surface area contributed by atoms with Crippen molar-refractivity contribution in [2.75, 3.05) is 12.8 Å². The van der Waals surface area contributed by atoms with Crippen LogP contribution in [0.15, 0.2) is 34.5 Å². The van der Waals surface area contributed by atoms with Crippen molar-refractivity contribution in [1.82, 2.24) is 10.3 Å². The molecule has 0 radical (unpaired) electrons. The number of fused-ring (bicyclic) bond motifs is 1. The van der Waals surface area contributed by atoms with Crippen LogP contribution in [0.4, 0.5) is 11.6 Å². The van der Waals surface area contributed by atoms with Crippen molar-refractivity contribution in [2.45, 2.75) is 0 Å². The molecule has 0 saturated heterocycles. The van der Waals surface area contributed by atoms with Crippen molar-refractivity contribution in [2.24, 2.45) is 10.2 Å². The molecule has 16 heavy (non-hydrogen) atoms. The zero-order chi connectivity index (χ0) is 11.5. The molecule has 0 saturated carbocycles. The number of anilines is 1. The quantitative estimate of drug-likeness (QED) is 0.522. The van der Waals surface area contributed by atoms with Gasteiger partial charge >= 0.3 is 0 Å². The van der Waals surface area contributed by atoms with Crippen LogP contribution in [0.1, 0.15) is 0 Å². The van der Waals surface area contributed by atoms with Crippen molar-refractivity contribution in [3.63, 3.8) is 0 Å². The Balaban J connectivity index is 2.46. The summed E-state index contributed by atoms with van der Waals surface area (Å²) in [7, 11) is 1.70. The number of azo groups is 1. The first-order chi connectivity index (χ1) is 7.72. The maximum absolute atomic E-state index is 5.81. The van der Waals surface area contributed by atoms with Crippen LogP contribution >= 0.6 is 12.2 Å². The van der Waals surface area contributed by atoms with Gasteiger partial charge in [-0.2, -0.15) is 0 Å². The topological polar surface area (TPSA) is 78.6 Å². The summed E-state index contributed by atoms with van der Waals surface area (Å²) in [6, 6.07) is 7.70. The summed E-state index contributed by atoms with van der Waals surface area (Å²) in [6.07, 6.45) is 0. The van der Waals surface area contributed by atoms with E-state index in [0.717, 1.165) is 10.8 Å². The van der Waals surface area contributed by atoms with Gasteiger partial charge in [-0.05, 0) is 12.2 Å². The molecule has 0 unspecified atom stereocenters. The first-order valence-corrected chi connectivity index (χ1v) is 5.13. The highest BCUT2D eigenvalue weighted by atomic mass is 32.1. The summed E-state index contributed by atoms with van der Waals surface area (Å²) in [5.74, 6) is 1.20. The lowest BCUT2D eigenvalue weighted by Gasteiger charge is -1.92. The Morgan fingerprint density at radius 1 is 1.38 bits per heavy atom. The Hall–Kier alpha value is -1.95. The van der Waals surface area contributed by atoms with Gasteiger partial charge in [-0.15, -0.1) is 10.2 Å². The van der Waals surface area contributed by atoms with Crippen LogP contribution in [-0.2, 0) is 0 Å². The Bertz CT molecular complexity index is 557. The largest absolute Gasteiger partial charge is 0.385 e. The molecule has 0 aliphatic rings. The Morgan fingerprint density at radius 2 is 2.06 bits per heavy atom. The minimum atomic E-state index is 0.331. The van der Waals surface area contributed by atoms with Crippen molar-refractivity contribution in [3.05, 3.63) is 24.3 Å². The van der Waals surface area contributed by atoms with E-state index >= 15 is 0 Å². The average molecular weight is 233 g/mol. The molecule has 5 nitrogen and oxygen atoms in total. The second-order valence-corrected chi connectivity index (χ2v) is 3.57. The highest BCUT2D eigenvalue weighted by molar-refractivity contribution is 7.80. The molecular weight excluding hydrogens is 222 g/mol. The number of nitrogens with two attached hydrogens (primary N) is 1. The first kappa shape index (κ1) is 10.6. The summed E-state index contributed by atoms with van der Waals surface area (Å²) < 4.78 is 0. The van der Waals surface area contributed by atoms with Crippen molar-refractivity contribution in [3.8, 4) is 0 Å². The molecule has 82 valence electrons. The third kappa shape index (κ3) is 1.87. The third-order valence-corrected chi connectivity index (χ3v) is 2.47. The van der Waals surface area contributed by atoms with Crippen LogP contribution < -0.4 is 11.1 Å². The summed E-state index contributed by atoms with van der Waals surface area (Å²) in [5, 5.41) is 12.8. The number of aromatic amines is 1. The average Bonchev–Trinajstić information content (AvgIpc) is 2.64. The van der Waals surface area contributed by atoms with Gasteiger partial charge in [0, 0.05) is 17.8 Å². The summed E-state index contributed by atoms with van der Waals surface area (Å²) >= 11 is 4.87. The van der Waals surface area contributed by atoms with E-state index in [0.29, 0.717) is 16.7 Å². The fourth-order valence-corrected chi connectivity index (χ4v) is 1.45. The zero-order valence-electron chi connectivity index (χ0n) is 8.69. The van der Waals surface area contributed by atoms with E-state index in [1.807, 2.05) is 24.3 Å². The number of hydrogen-bond acceptors (Lipinski definition) is 3. The molecule has 0 amide bonds. The normalized spacial score (nSPS) is 11.1. The molecule has 0 spiro atoms. The van der Waals surface area contributed by atoms with Crippen LogP contribution in [0.5, 0.6) is 0 Å². The summed E-state index contributed by atoms with van der Waals surface area (Å²) in [6.45, 7) is 0. The molecule has 0 aliphatic carbocycles. The van der Waals surface area contributed by atoms with Crippen LogP contribution in [0.2, 0.25) is 0 Å². The number of hydrogen-bond donors (Lipinski definition) is 3. The first-order valence-electron chi connectivity index (χ1n) is 4.72. The van der Waals surface area contributed by atoms with Crippen LogP contribution in [-0.4, -0.2) is 17.1 Å². The Morgan fingerprint density at radius 3 is 2.75 bits per heavy atom. The molecule has 0 bridgehead atoms. The van der Waals surface area contributed by atoms with Crippen LogP contribution in [0.25, 0.3) is 10.8 Å². The van der Waals surface area contributed by atoms with E-state index in [2.05, 4.69) is 20.5 Å². The van der Waals surface area contributed by atoms with Gasteiger partial charge in [0.25, 0.3) is 0 Å². The summed E-state index contributed by atoms with van der Waals surface area (Å²) in [5.41, 5.74) is 5.81. The number of nitrogen functional groups attached to an aromatic ring is 1. The fraction of sp³-hybridized carbons (Fsp3) is 0.100. The Labute approximate surface area is 97.7 Å². The standard InChI is InChI=1S/C10H11N5S/c1-12-10(16)15-14-9-7-5-3-2-4-6(7)8(11)13-9/h2-5,13H,11H2,1H3,(H,12,16)/b15-14+. The van der Waals surface area contributed by atoms with E-state index in [9.17, 15) is 0 Å². The fourth-order valence-electron chi connectivity index (χ4n) is 1.41. The lowest BCUT2D eigenvalue weighted by Crippen LogP contribution is -2.11. The van der Waals surface area contributed by atoms with E-state index in [1.165, 1.54) is 0 Å². The van der Waals surface area contributed by atoms with Gasteiger partial charge < -0.3 is 16.0 Å². The molecule has 1 heterocycles. The lowest BCUT2D eigenvalue weighted by atomic mass is 10.2. The van der Waals surface area contributed by atoms with Gasteiger partial charge in [-0.3, -0.25) is 0 Å². The highest BCUT2D eigenvalue weighted by Gasteiger charge is 2.06.